The molecule has 0 unspecified atom stereocenters. The first-order chi connectivity index (χ1) is 17.7. The van der Waals surface area contributed by atoms with E-state index in [-0.39, 0.29) is 0 Å². The molecule has 2 saturated heterocycles. The van der Waals surface area contributed by atoms with Gasteiger partial charge >= 0.3 is 0 Å². The highest BCUT2D eigenvalue weighted by molar-refractivity contribution is 5.74. The van der Waals surface area contributed by atoms with Gasteiger partial charge in [-0.25, -0.2) is 4.98 Å². The van der Waals surface area contributed by atoms with Crippen LogP contribution in [0.1, 0.15) is 44.2 Å². The number of likely N-dealkylation sites (tertiary alicyclic amines) is 1. The van der Waals surface area contributed by atoms with Crippen molar-refractivity contribution in [2.75, 3.05) is 58.4 Å². The van der Waals surface area contributed by atoms with Crippen molar-refractivity contribution >= 4 is 11.3 Å². The van der Waals surface area contributed by atoms with Crippen LogP contribution >= 0.6 is 0 Å². The maximum Gasteiger partial charge on any atom is 0.139 e. The average Bonchev–Trinajstić information content (AvgIpc) is 3.71. The third-order valence-corrected chi connectivity index (χ3v) is 8.47. The van der Waals surface area contributed by atoms with Crippen LogP contribution in [-0.2, 0) is 6.54 Å². The Morgan fingerprint density at radius 1 is 0.861 bits per heavy atom. The first-order valence-corrected chi connectivity index (χ1v) is 13.7. The van der Waals surface area contributed by atoms with Crippen molar-refractivity contribution in [2.45, 2.75) is 51.1 Å². The van der Waals surface area contributed by atoms with Crippen molar-refractivity contribution in [3.8, 4) is 22.8 Å². The fraction of sp³-hybridized carbons (Fsp3) is 0.552. The van der Waals surface area contributed by atoms with Crippen LogP contribution in [0.5, 0.6) is 11.5 Å². The molecule has 0 radical (unpaired) electrons. The largest absolute Gasteiger partial charge is 0.497 e. The van der Waals surface area contributed by atoms with Gasteiger partial charge in [0.1, 0.15) is 17.1 Å². The predicted molar refractivity (Wildman–Crippen MR) is 144 cm³/mol. The van der Waals surface area contributed by atoms with Crippen LogP contribution in [-0.4, -0.2) is 78.7 Å². The molecule has 0 N–H and O–H groups in total. The van der Waals surface area contributed by atoms with Gasteiger partial charge < -0.3 is 18.8 Å². The zero-order valence-electron chi connectivity index (χ0n) is 21.8. The molecule has 0 spiro atoms. The van der Waals surface area contributed by atoms with Gasteiger partial charge in [0.25, 0.3) is 0 Å². The first-order valence-electron chi connectivity index (χ1n) is 13.7. The van der Waals surface area contributed by atoms with Crippen molar-refractivity contribution in [3.05, 3.63) is 42.2 Å². The quantitative estimate of drug-likeness (QED) is 0.480. The van der Waals surface area contributed by atoms with E-state index in [0.29, 0.717) is 0 Å². The van der Waals surface area contributed by atoms with Gasteiger partial charge in [-0.05, 0) is 57.0 Å². The highest BCUT2D eigenvalue weighted by Gasteiger charge is 2.27. The number of benzene rings is 1. The van der Waals surface area contributed by atoms with Crippen LogP contribution in [0, 0.1) is 0 Å². The standard InChI is InChI=1S/C29H39N5O2/c1-35-24-9-10-25(27(20-24)36-2)29-26(21-31-12-5-6-13-31)34-14-11-23(19-28(34)30-29)33-17-15-32(16-18-33)22-7-3-4-8-22/h9-11,14,19-20,22H,3-8,12-13,15-18,21H2,1-2H3. The molecule has 1 aromatic carbocycles. The van der Waals surface area contributed by atoms with Crippen LogP contribution in [0.15, 0.2) is 36.5 Å². The Morgan fingerprint density at radius 3 is 2.36 bits per heavy atom. The van der Waals surface area contributed by atoms with Crippen LogP contribution in [0.25, 0.3) is 16.9 Å². The van der Waals surface area contributed by atoms with Crippen molar-refractivity contribution in [1.29, 1.82) is 0 Å². The highest BCUT2D eigenvalue weighted by Crippen LogP contribution is 2.36. The molecule has 1 aliphatic carbocycles. The molecule has 3 aliphatic rings. The number of hydrogen-bond acceptors (Lipinski definition) is 6. The molecule has 4 heterocycles. The Bertz CT molecular complexity index is 1190. The maximum absolute atomic E-state index is 5.78. The second-order valence-corrected chi connectivity index (χ2v) is 10.5. The molecule has 192 valence electrons. The molecule has 7 heteroatoms. The van der Waals surface area contributed by atoms with E-state index in [2.05, 4.69) is 43.5 Å². The molecular formula is C29H39N5O2. The summed E-state index contributed by atoms with van der Waals surface area (Å²) in [6.07, 6.45) is 10.4. The lowest BCUT2D eigenvalue weighted by Gasteiger charge is -2.39. The topological polar surface area (TPSA) is 45.5 Å². The number of ether oxygens (including phenoxy) is 2. The second kappa shape index (κ2) is 10.3. The summed E-state index contributed by atoms with van der Waals surface area (Å²) in [4.78, 5) is 13.0. The maximum atomic E-state index is 5.78. The van der Waals surface area contributed by atoms with Crippen molar-refractivity contribution in [3.63, 3.8) is 0 Å². The minimum absolute atomic E-state index is 0.791. The van der Waals surface area contributed by atoms with Crippen LogP contribution in [0.2, 0.25) is 0 Å². The molecular weight excluding hydrogens is 450 g/mol. The molecule has 2 aromatic heterocycles. The normalized spacial score (nSPS) is 20.0. The Balaban J connectivity index is 1.32. The number of fused-ring (bicyclic) bond motifs is 1. The molecule has 0 amide bonds. The van der Waals surface area contributed by atoms with Crippen LogP contribution in [0.3, 0.4) is 0 Å². The zero-order chi connectivity index (χ0) is 24.5. The van der Waals surface area contributed by atoms with Crippen molar-refractivity contribution < 1.29 is 9.47 Å². The summed E-state index contributed by atoms with van der Waals surface area (Å²) in [6.45, 7) is 7.70. The number of imidazole rings is 1. The Hall–Kier alpha value is -2.77. The van der Waals surface area contributed by atoms with E-state index in [1.54, 1.807) is 14.2 Å². The fourth-order valence-electron chi connectivity index (χ4n) is 6.41. The van der Waals surface area contributed by atoms with Crippen LogP contribution in [0.4, 0.5) is 5.69 Å². The van der Waals surface area contributed by atoms with Gasteiger partial charge in [-0.3, -0.25) is 9.80 Å². The molecule has 2 aliphatic heterocycles. The third-order valence-electron chi connectivity index (χ3n) is 8.47. The Labute approximate surface area is 214 Å². The number of pyridine rings is 1. The predicted octanol–water partition coefficient (Wildman–Crippen LogP) is 4.68. The molecule has 3 aromatic rings. The smallest absolute Gasteiger partial charge is 0.139 e. The number of hydrogen-bond donors (Lipinski definition) is 0. The van der Waals surface area contributed by atoms with Gasteiger partial charge in [0.15, 0.2) is 0 Å². The lowest BCUT2D eigenvalue weighted by Crippen LogP contribution is -2.49. The van der Waals surface area contributed by atoms with E-state index >= 15 is 0 Å². The zero-order valence-corrected chi connectivity index (χ0v) is 21.8. The number of anilines is 1. The number of nitrogens with zero attached hydrogens (tertiary/aromatic N) is 5. The molecule has 3 fully saturated rings. The molecule has 36 heavy (non-hydrogen) atoms. The number of methoxy groups -OCH3 is 2. The van der Waals surface area contributed by atoms with E-state index in [0.717, 1.165) is 67.2 Å². The SMILES string of the molecule is COc1ccc(-c2nc3cc(N4CCN(C5CCCC5)CC4)ccn3c2CN2CCCC2)c(OC)c1. The van der Waals surface area contributed by atoms with E-state index in [4.69, 9.17) is 14.5 Å². The minimum atomic E-state index is 0.791. The fourth-order valence-corrected chi connectivity index (χ4v) is 6.41. The van der Waals surface area contributed by atoms with Gasteiger partial charge in [0.05, 0.1) is 25.6 Å². The summed E-state index contributed by atoms with van der Waals surface area (Å²) < 4.78 is 13.5. The summed E-state index contributed by atoms with van der Waals surface area (Å²) in [7, 11) is 3.41. The van der Waals surface area contributed by atoms with Crippen LogP contribution < -0.4 is 14.4 Å². The van der Waals surface area contributed by atoms with Gasteiger partial charge in [-0.15, -0.1) is 0 Å². The van der Waals surface area contributed by atoms with E-state index in [9.17, 15) is 0 Å². The number of rotatable bonds is 7. The summed E-state index contributed by atoms with van der Waals surface area (Å²) in [5, 5.41) is 0. The molecule has 6 rings (SSSR count). The monoisotopic (exact) mass is 489 g/mol. The summed E-state index contributed by atoms with van der Waals surface area (Å²) in [5.74, 6) is 1.59. The van der Waals surface area contributed by atoms with Gasteiger partial charge in [-0.1, -0.05) is 12.8 Å². The Morgan fingerprint density at radius 2 is 1.64 bits per heavy atom. The summed E-state index contributed by atoms with van der Waals surface area (Å²) in [6, 6.07) is 11.4. The Kier molecular flexibility index (Phi) is 6.76. The van der Waals surface area contributed by atoms with Gasteiger partial charge in [0, 0.05) is 68.3 Å². The van der Waals surface area contributed by atoms with Crippen molar-refractivity contribution in [2.24, 2.45) is 0 Å². The van der Waals surface area contributed by atoms with Crippen molar-refractivity contribution in [1.82, 2.24) is 19.2 Å². The lowest BCUT2D eigenvalue weighted by molar-refractivity contribution is 0.187. The molecule has 0 atom stereocenters. The summed E-state index contributed by atoms with van der Waals surface area (Å²) >= 11 is 0. The average molecular weight is 490 g/mol. The van der Waals surface area contributed by atoms with Gasteiger partial charge in [0.2, 0.25) is 0 Å². The highest BCUT2D eigenvalue weighted by atomic mass is 16.5. The molecule has 1 saturated carbocycles. The first kappa shape index (κ1) is 23.6. The lowest BCUT2D eigenvalue weighted by atomic mass is 10.1. The van der Waals surface area contributed by atoms with E-state index in [1.807, 2.05) is 12.1 Å². The van der Waals surface area contributed by atoms with E-state index in [1.165, 1.54) is 63.0 Å². The second-order valence-electron chi connectivity index (χ2n) is 10.5. The minimum Gasteiger partial charge on any atom is -0.497 e. The summed E-state index contributed by atoms with van der Waals surface area (Å²) in [5.41, 5.74) is 5.54. The number of aromatic nitrogens is 2. The van der Waals surface area contributed by atoms with Gasteiger partial charge in [-0.2, -0.15) is 0 Å². The molecule has 0 bridgehead atoms. The third kappa shape index (κ3) is 4.55. The van der Waals surface area contributed by atoms with E-state index < -0.39 is 0 Å². The molecule has 7 nitrogen and oxygen atoms in total. The number of piperazine rings is 1.